The van der Waals surface area contributed by atoms with Crippen LogP contribution in [0.4, 0.5) is 0 Å². The number of benzene rings is 1. The maximum atomic E-state index is 4.65. The van der Waals surface area contributed by atoms with Crippen LogP contribution in [0.15, 0.2) is 48.7 Å². The molecule has 0 fully saturated rings. The van der Waals surface area contributed by atoms with Gasteiger partial charge in [-0.25, -0.2) is 0 Å². The molecule has 19 heavy (non-hydrogen) atoms. The average Bonchev–Trinajstić information content (AvgIpc) is 2.79. The van der Waals surface area contributed by atoms with E-state index in [9.17, 15) is 0 Å². The van der Waals surface area contributed by atoms with Gasteiger partial charge in [-0.2, -0.15) is 9.73 Å². The molecule has 0 aliphatic heterocycles. The van der Waals surface area contributed by atoms with Gasteiger partial charge in [-0.1, -0.05) is 51.1 Å². The number of fused-ring (bicyclic) bond motifs is 1. The van der Waals surface area contributed by atoms with E-state index in [-0.39, 0.29) is 5.41 Å². The predicted molar refractivity (Wildman–Crippen MR) is 77.1 cm³/mol. The summed E-state index contributed by atoms with van der Waals surface area (Å²) in [5, 5.41) is 8.96. The first-order chi connectivity index (χ1) is 9.07. The molecule has 0 radical (unpaired) electrons. The molecule has 0 aliphatic rings. The number of hydrogen-bond donors (Lipinski definition) is 0. The molecule has 0 bridgehead atoms. The highest BCUT2D eigenvalue weighted by Crippen LogP contribution is 2.35. The molecule has 0 saturated carbocycles. The predicted octanol–water partition coefficient (Wildman–Crippen LogP) is 3.69. The quantitative estimate of drug-likeness (QED) is 0.660. The van der Waals surface area contributed by atoms with Crippen molar-refractivity contribution in [3.63, 3.8) is 0 Å². The summed E-state index contributed by atoms with van der Waals surface area (Å²) in [5.41, 5.74) is 4.50. The monoisotopic (exact) mass is 251 g/mol. The molecule has 1 aromatic carbocycles. The van der Waals surface area contributed by atoms with Crippen LogP contribution in [-0.2, 0) is 5.41 Å². The van der Waals surface area contributed by atoms with Crippen molar-refractivity contribution >= 4 is 5.52 Å². The first kappa shape index (κ1) is 11.9. The molecule has 3 nitrogen and oxygen atoms in total. The van der Waals surface area contributed by atoms with E-state index in [1.165, 1.54) is 5.56 Å². The van der Waals surface area contributed by atoms with Crippen molar-refractivity contribution in [3.8, 4) is 11.3 Å². The Balaban J connectivity index is 2.36. The molecule has 0 atom stereocenters. The number of nitrogens with zero attached hydrogens (tertiary/aromatic N) is 3. The third-order valence-corrected chi connectivity index (χ3v) is 3.22. The summed E-state index contributed by atoms with van der Waals surface area (Å²) < 4.78 is 1.73. The van der Waals surface area contributed by atoms with Gasteiger partial charge >= 0.3 is 0 Å². The Kier molecular flexibility index (Phi) is 2.63. The van der Waals surface area contributed by atoms with Crippen LogP contribution >= 0.6 is 0 Å². The maximum Gasteiger partial charge on any atom is 0.0988 e. The highest BCUT2D eigenvalue weighted by Gasteiger charge is 2.25. The van der Waals surface area contributed by atoms with Crippen LogP contribution < -0.4 is 0 Å². The lowest BCUT2D eigenvalue weighted by Crippen LogP contribution is -2.12. The molecule has 0 spiro atoms. The molecule has 3 aromatic rings. The summed E-state index contributed by atoms with van der Waals surface area (Å²) in [6.45, 7) is 6.64. The minimum atomic E-state index is 0.0238. The van der Waals surface area contributed by atoms with Crippen LogP contribution in [0.25, 0.3) is 16.8 Å². The summed E-state index contributed by atoms with van der Waals surface area (Å²) in [4.78, 5) is 0. The van der Waals surface area contributed by atoms with E-state index in [0.29, 0.717) is 0 Å². The second-order valence-electron chi connectivity index (χ2n) is 5.74. The second-order valence-corrected chi connectivity index (χ2v) is 5.74. The van der Waals surface area contributed by atoms with Crippen LogP contribution in [0.3, 0.4) is 0 Å². The zero-order chi connectivity index (χ0) is 13.5. The van der Waals surface area contributed by atoms with Gasteiger partial charge in [-0.05, 0) is 17.5 Å². The van der Waals surface area contributed by atoms with Gasteiger partial charge in [-0.15, -0.1) is 5.10 Å². The molecule has 0 aliphatic carbocycles. The number of aromatic nitrogens is 3. The van der Waals surface area contributed by atoms with E-state index in [0.717, 1.165) is 16.8 Å². The van der Waals surface area contributed by atoms with Gasteiger partial charge in [0.15, 0.2) is 0 Å². The zero-order valence-corrected chi connectivity index (χ0v) is 11.5. The molecule has 2 heterocycles. The normalized spacial score (nSPS) is 11.9. The first-order valence-electron chi connectivity index (χ1n) is 6.47. The van der Waals surface area contributed by atoms with Crippen LogP contribution in [0, 0.1) is 0 Å². The Bertz CT molecular complexity index is 706. The van der Waals surface area contributed by atoms with Gasteiger partial charge in [0.05, 0.1) is 11.2 Å². The van der Waals surface area contributed by atoms with Crippen molar-refractivity contribution in [2.24, 2.45) is 0 Å². The summed E-state index contributed by atoms with van der Waals surface area (Å²) in [6, 6.07) is 14.3. The first-order valence-corrected chi connectivity index (χ1v) is 6.47. The SMILES string of the molecule is CC(C)(C)c1c(-c2ccccc2)nn2ncccc12. The molecule has 2 aromatic heterocycles. The Labute approximate surface area is 112 Å². The van der Waals surface area contributed by atoms with Gasteiger partial charge in [0.25, 0.3) is 0 Å². The van der Waals surface area contributed by atoms with Gasteiger partial charge in [0.2, 0.25) is 0 Å². The summed E-state index contributed by atoms with van der Waals surface area (Å²) in [5.74, 6) is 0. The van der Waals surface area contributed by atoms with Gasteiger partial charge in [0.1, 0.15) is 0 Å². The smallest absolute Gasteiger partial charge is 0.0988 e. The lowest BCUT2D eigenvalue weighted by atomic mass is 9.84. The minimum Gasteiger partial charge on any atom is -0.159 e. The van der Waals surface area contributed by atoms with Gasteiger partial charge in [0, 0.05) is 17.3 Å². The molecule has 3 heteroatoms. The third kappa shape index (κ3) is 2.01. The van der Waals surface area contributed by atoms with Crippen LogP contribution in [0.1, 0.15) is 26.3 Å². The topological polar surface area (TPSA) is 30.2 Å². The molecule has 96 valence electrons. The molecule has 3 rings (SSSR count). The average molecular weight is 251 g/mol. The van der Waals surface area contributed by atoms with E-state index in [4.69, 9.17) is 0 Å². The highest BCUT2D eigenvalue weighted by molar-refractivity contribution is 5.74. The lowest BCUT2D eigenvalue weighted by molar-refractivity contribution is 0.597. The maximum absolute atomic E-state index is 4.65. The van der Waals surface area contributed by atoms with Crippen molar-refractivity contribution < 1.29 is 0 Å². The van der Waals surface area contributed by atoms with Crippen molar-refractivity contribution in [2.75, 3.05) is 0 Å². The third-order valence-electron chi connectivity index (χ3n) is 3.22. The molecule has 0 N–H and O–H groups in total. The summed E-state index contributed by atoms with van der Waals surface area (Å²) in [7, 11) is 0. The van der Waals surface area contributed by atoms with Crippen molar-refractivity contribution in [2.45, 2.75) is 26.2 Å². The Hall–Kier alpha value is -2.16. The van der Waals surface area contributed by atoms with Crippen LogP contribution in [0.2, 0.25) is 0 Å². The fourth-order valence-electron chi connectivity index (χ4n) is 2.43. The standard InChI is InChI=1S/C16H17N3/c1-16(2,3)14-13-10-7-11-17-19(13)18-15(14)12-8-5-4-6-9-12/h4-11H,1-3H3. The molecule has 0 saturated heterocycles. The van der Waals surface area contributed by atoms with Crippen LogP contribution in [0.5, 0.6) is 0 Å². The van der Waals surface area contributed by atoms with E-state index in [1.807, 2.05) is 24.3 Å². The minimum absolute atomic E-state index is 0.0238. The van der Waals surface area contributed by atoms with E-state index < -0.39 is 0 Å². The fourth-order valence-corrected chi connectivity index (χ4v) is 2.43. The largest absolute Gasteiger partial charge is 0.159 e. The second kappa shape index (κ2) is 4.19. The Morgan fingerprint density at radius 2 is 1.68 bits per heavy atom. The summed E-state index contributed by atoms with van der Waals surface area (Å²) >= 11 is 0. The Morgan fingerprint density at radius 1 is 0.947 bits per heavy atom. The van der Waals surface area contributed by atoms with Crippen molar-refractivity contribution in [1.82, 2.24) is 14.8 Å². The molecule has 0 unspecified atom stereocenters. The molecule has 0 amide bonds. The van der Waals surface area contributed by atoms with Crippen LogP contribution in [-0.4, -0.2) is 14.8 Å². The number of hydrogen-bond acceptors (Lipinski definition) is 2. The lowest BCUT2D eigenvalue weighted by Gasteiger charge is -2.19. The molecular formula is C16H17N3. The Morgan fingerprint density at radius 3 is 2.37 bits per heavy atom. The van der Waals surface area contributed by atoms with E-state index >= 15 is 0 Å². The van der Waals surface area contributed by atoms with Crippen molar-refractivity contribution in [3.05, 3.63) is 54.2 Å². The fraction of sp³-hybridized carbons (Fsp3) is 0.250. The highest BCUT2D eigenvalue weighted by atomic mass is 15.4. The summed E-state index contributed by atoms with van der Waals surface area (Å²) in [6.07, 6.45) is 1.77. The van der Waals surface area contributed by atoms with Crippen molar-refractivity contribution in [1.29, 1.82) is 0 Å². The molecular weight excluding hydrogens is 234 g/mol. The zero-order valence-electron chi connectivity index (χ0n) is 11.5. The van der Waals surface area contributed by atoms with Gasteiger partial charge < -0.3 is 0 Å². The van der Waals surface area contributed by atoms with Gasteiger partial charge in [-0.3, -0.25) is 0 Å². The van der Waals surface area contributed by atoms with E-state index in [1.54, 1.807) is 10.8 Å². The number of rotatable bonds is 1. The van der Waals surface area contributed by atoms with E-state index in [2.05, 4.69) is 49.2 Å².